The third-order valence-electron chi connectivity index (χ3n) is 4.20. The van der Waals surface area contributed by atoms with E-state index < -0.39 is 11.7 Å². The summed E-state index contributed by atoms with van der Waals surface area (Å²) in [5.41, 5.74) is 0.153. The standard InChI is InChI=1S/C19H17F3N4O2/c20-19(21,22)14-7-5-13(6-8-14)9-11-23-17(27)10-12-26-18(28)15-3-1-2-4-16(15)24-25-26/h1-8H,9-12H2,(H,23,27). The van der Waals surface area contributed by atoms with Gasteiger partial charge in [0.15, 0.2) is 0 Å². The minimum Gasteiger partial charge on any atom is -0.356 e. The fourth-order valence-electron chi connectivity index (χ4n) is 2.67. The van der Waals surface area contributed by atoms with Gasteiger partial charge in [-0.15, -0.1) is 5.10 Å². The fourth-order valence-corrected chi connectivity index (χ4v) is 2.67. The van der Waals surface area contributed by atoms with Crippen molar-refractivity contribution >= 4 is 16.8 Å². The molecule has 0 aliphatic carbocycles. The smallest absolute Gasteiger partial charge is 0.356 e. The van der Waals surface area contributed by atoms with E-state index in [9.17, 15) is 22.8 Å². The van der Waals surface area contributed by atoms with Crippen molar-refractivity contribution in [2.45, 2.75) is 25.6 Å². The van der Waals surface area contributed by atoms with Crippen molar-refractivity contribution < 1.29 is 18.0 Å². The van der Waals surface area contributed by atoms with Crippen LogP contribution in [0.5, 0.6) is 0 Å². The van der Waals surface area contributed by atoms with Crippen molar-refractivity contribution in [2.75, 3.05) is 6.54 Å². The Bertz CT molecular complexity index is 1030. The highest BCUT2D eigenvalue weighted by Gasteiger charge is 2.29. The summed E-state index contributed by atoms with van der Waals surface area (Å²) in [5, 5.41) is 10.9. The lowest BCUT2D eigenvalue weighted by Crippen LogP contribution is -2.30. The summed E-state index contributed by atoms with van der Waals surface area (Å²) >= 11 is 0. The number of hydrogen-bond acceptors (Lipinski definition) is 4. The lowest BCUT2D eigenvalue weighted by Gasteiger charge is -2.09. The SMILES string of the molecule is O=C(CCn1nnc2ccccc2c1=O)NCCc1ccc(C(F)(F)F)cc1. The second-order valence-corrected chi connectivity index (χ2v) is 6.18. The molecule has 0 aliphatic heterocycles. The summed E-state index contributed by atoms with van der Waals surface area (Å²) in [5.74, 6) is -0.284. The zero-order valence-electron chi connectivity index (χ0n) is 14.7. The molecule has 2 aromatic carbocycles. The summed E-state index contributed by atoms with van der Waals surface area (Å²) in [4.78, 5) is 24.2. The van der Waals surface area contributed by atoms with E-state index in [1.807, 2.05) is 0 Å². The van der Waals surface area contributed by atoms with Crippen LogP contribution in [0, 0.1) is 0 Å². The Balaban J connectivity index is 1.49. The number of amides is 1. The molecule has 9 heteroatoms. The number of aromatic nitrogens is 3. The number of nitrogens with zero attached hydrogens (tertiary/aromatic N) is 3. The number of carbonyl (C=O) groups excluding carboxylic acids is 1. The van der Waals surface area contributed by atoms with Gasteiger partial charge in [0.25, 0.3) is 5.56 Å². The van der Waals surface area contributed by atoms with Crippen LogP contribution in [0.25, 0.3) is 10.9 Å². The summed E-state index contributed by atoms with van der Waals surface area (Å²) in [6, 6.07) is 11.6. The molecule has 1 heterocycles. The molecule has 28 heavy (non-hydrogen) atoms. The van der Waals surface area contributed by atoms with Crippen LogP contribution in [0.4, 0.5) is 13.2 Å². The summed E-state index contributed by atoms with van der Waals surface area (Å²) in [6.07, 6.45) is -3.92. The third-order valence-corrected chi connectivity index (χ3v) is 4.20. The van der Waals surface area contributed by atoms with Gasteiger partial charge in [0.1, 0.15) is 5.52 Å². The monoisotopic (exact) mass is 390 g/mol. The molecule has 3 aromatic rings. The lowest BCUT2D eigenvalue weighted by molar-refractivity contribution is -0.137. The van der Waals surface area contributed by atoms with Gasteiger partial charge in [0, 0.05) is 13.0 Å². The summed E-state index contributed by atoms with van der Waals surface area (Å²) in [7, 11) is 0. The van der Waals surface area contributed by atoms with Gasteiger partial charge in [0.2, 0.25) is 5.91 Å². The van der Waals surface area contributed by atoms with Crippen molar-refractivity contribution in [1.29, 1.82) is 0 Å². The predicted molar refractivity (Wildman–Crippen MR) is 96.6 cm³/mol. The van der Waals surface area contributed by atoms with E-state index in [1.165, 1.54) is 12.1 Å². The van der Waals surface area contributed by atoms with E-state index in [-0.39, 0.29) is 31.0 Å². The Kier molecular flexibility index (Phi) is 5.72. The summed E-state index contributed by atoms with van der Waals surface area (Å²) < 4.78 is 38.7. The molecular formula is C19H17F3N4O2. The number of nitrogens with one attached hydrogen (secondary N) is 1. The molecule has 0 unspecified atom stereocenters. The third kappa shape index (κ3) is 4.73. The minimum absolute atomic E-state index is 0.0416. The van der Waals surface area contributed by atoms with Gasteiger partial charge in [0.05, 0.1) is 17.5 Å². The maximum atomic E-state index is 12.5. The van der Waals surface area contributed by atoms with Gasteiger partial charge < -0.3 is 5.32 Å². The molecule has 1 aromatic heterocycles. The summed E-state index contributed by atoms with van der Waals surface area (Å²) in [6.45, 7) is 0.366. The number of hydrogen-bond donors (Lipinski definition) is 1. The van der Waals surface area contributed by atoms with Crippen molar-refractivity contribution in [2.24, 2.45) is 0 Å². The molecule has 0 saturated heterocycles. The first-order valence-electron chi connectivity index (χ1n) is 8.60. The van der Waals surface area contributed by atoms with Crippen LogP contribution in [0.3, 0.4) is 0 Å². The van der Waals surface area contributed by atoms with Crippen LogP contribution >= 0.6 is 0 Å². The Labute approximate surface area is 158 Å². The maximum Gasteiger partial charge on any atom is 0.416 e. The molecule has 6 nitrogen and oxygen atoms in total. The van der Waals surface area contributed by atoms with Crippen molar-refractivity contribution in [1.82, 2.24) is 20.3 Å². The number of aryl methyl sites for hydroxylation is 1. The zero-order valence-corrected chi connectivity index (χ0v) is 14.7. The molecule has 1 N–H and O–H groups in total. The van der Waals surface area contributed by atoms with Crippen LogP contribution in [0.1, 0.15) is 17.5 Å². The first kappa shape index (κ1) is 19.5. The molecule has 146 valence electrons. The molecule has 0 saturated carbocycles. The van der Waals surface area contributed by atoms with Crippen molar-refractivity contribution in [3.8, 4) is 0 Å². The highest BCUT2D eigenvalue weighted by molar-refractivity contribution is 5.77. The highest BCUT2D eigenvalue weighted by atomic mass is 19.4. The molecular weight excluding hydrogens is 373 g/mol. The number of benzene rings is 2. The Hall–Kier alpha value is -3.23. The van der Waals surface area contributed by atoms with Gasteiger partial charge in [-0.3, -0.25) is 9.59 Å². The van der Waals surface area contributed by atoms with Gasteiger partial charge in [-0.1, -0.05) is 29.5 Å². The molecule has 0 radical (unpaired) electrons. The molecule has 0 spiro atoms. The zero-order chi connectivity index (χ0) is 20.1. The Morgan fingerprint density at radius 1 is 1.07 bits per heavy atom. The average Bonchev–Trinajstić information content (AvgIpc) is 2.67. The number of rotatable bonds is 6. The van der Waals surface area contributed by atoms with Crippen LogP contribution in [0.2, 0.25) is 0 Å². The number of alkyl halides is 3. The first-order chi connectivity index (χ1) is 13.3. The largest absolute Gasteiger partial charge is 0.416 e. The molecule has 1 amide bonds. The quantitative estimate of drug-likeness (QED) is 0.702. The predicted octanol–water partition coefficient (Wildman–Crippen LogP) is 2.56. The van der Waals surface area contributed by atoms with E-state index in [0.29, 0.717) is 22.9 Å². The normalized spacial score (nSPS) is 11.5. The molecule has 3 rings (SSSR count). The van der Waals surface area contributed by atoms with Crippen molar-refractivity contribution in [3.63, 3.8) is 0 Å². The van der Waals surface area contributed by atoms with E-state index in [2.05, 4.69) is 15.6 Å². The Morgan fingerprint density at radius 3 is 2.50 bits per heavy atom. The maximum absolute atomic E-state index is 12.5. The van der Waals surface area contributed by atoms with Crippen LogP contribution < -0.4 is 10.9 Å². The first-order valence-corrected chi connectivity index (χ1v) is 8.60. The van der Waals surface area contributed by atoms with E-state index in [4.69, 9.17) is 0 Å². The highest BCUT2D eigenvalue weighted by Crippen LogP contribution is 2.29. The van der Waals surface area contributed by atoms with Crippen molar-refractivity contribution in [3.05, 3.63) is 70.0 Å². The number of fused-ring (bicyclic) bond motifs is 1. The average molecular weight is 390 g/mol. The fraction of sp³-hybridized carbons (Fsp3) is 0.263. The molecule has 0 fully saturated rings. The topological polar surface area (TPSA) is 76.9 Å². The van der Waals surface area contributed by atoms with Gasteiger partial charge >= 0.3 is 6.18 Å². The second-order valence-electron chi connectivity index (χ2n) is 6.18. The van der Waals surface area contributed by atoms with Crippen LogP contribution in [-0.4, -0.2) is 27.4 Å². The number of carbonyl (C=O) groups is 1. The Morgan fingerprint density at radius 2 is 1.79 bits per heavy atom. The van der Waals surface area contributed by atoms with Gasteiger partial charge in [-0.05, 0) is 36.2 Å². The second kappa shape index (κ2) is 8.20. The van der Waals surface area contributed by atoms with Gasteiger partial charge in [-0.2, -0.15) is 13.2 Å². The van der Waals surface area contributed by atoms with E-state index >= 15 is 0 Å². The van der Waals surface area contributed by atoms with Gasteiger partial charge in [-0.25, -0.2) is 4.68 Å². The minimum atomic E-state index is -4.36. The van der Waals surface area contributed by atoms with E-state index in [1.54, 1.807) is 24.3 Å². The van der Waals surface area contributed by atoms with Crippen LogP contribution in [-0.2, 0) is 23.9 Å². The van der Waals surface area contributed by atoms with Crippen LogP contribution in [0.15, 0.2) is 53.3 Å². The number of halogens is 3. The van der Waals surface area contributed by atoms with E-state index in [0.717, 1.165) is 16.8 Å². The molecule has 0 bridgehead atoms. The lowest BCUT2D eigenvalue weighted by atomic mass is 10.1. The molecule has 0 aliphatic rings. The molecule has 0 atom stereocenters.